The number of hydrogen-bond acceptors (Lipinski definition) is 1. The number of rotatable bonds is 2. The van der Waals surface area contributed by atoms with Crippen LogP contribution in [-0.4, -0.2) is 9.81 Å². The number of carbonyl (C=O) groups is 1. The summed E-state index contributed by atoms with van der Waals surface area (Å²) in [6.45, 7) is 3.91. The van der Waals surface area contributed by atoms with Crippen LogP contribution in [0.5, 0.6) is 0 Å². The summed E-state index contributed by atoms with van der Waals surface area (Å²) < 4.78 is 2.08. The van der Waals surface area contributed by atoms with E-state index in [1.54, 1.807) is 0 Å². The summed E-state index contributed by atoms with van der Waals surface area (Å²) in [7, 11) is 0. The first-order chi connectivity index (χ1) is 9.59. The Balaban J connectivity index is 2.34. The Hall–Kier alpha value is -2.06. The SMILES string of the molecule is Cc1cc(C(=O)Cl)c(C)n1-c1cccc2ccccc12. The van der Waals surface area contributed by atoms with Gasteiger partial charge in [0.05, 0.1) is 11.3 Å². The molecule has 0 aliphatic rings. The number of nitrogens with zero attached hydrogens (tertiary/aromatic N) is 1. The van der Waals surface area contributed by atoms with Gasteiger partial charge in [0.15, 0.2) is 0 Å². The average Bonchev–Trinajstić information content (AvgIpc) is 2.74. The molecule has 0 atom stereocenters. The predicted octanol–water partition coefficient (Wildman–Crippen LogP) is 4.63. The van der Waals surface area contributed by atoms with Gasteiger partial charge in [-0.1, -0.05) is 36.4 Å². The fraction of sp³-hybridized carbons (Fsp3) is 0.118. The molecule has 1 aromatic heterocycles. The third-order valence-electron chi connectivity index (χ3n) is 3.65. The standard InChI is InChI=1S/C17H14ClNO/c1-11-10-15(17(18)20)12(2)19(11)16-9-5-7-13-6-3-4-8-14(13)16/h3-10H,1-2H3. The van der Waals surface area contributed by atoms with Gasteiger partial charge in [-0.25, -0.2) is 0 Å². The highest BCUT2D eigenvalue weighted by Crippen LogP contribution is 2.27. The summed E-state index contributed by atoms with van der Waals surface area (Å²) in [6.07, 6.45) is 0. The summed E-state index contributed by atoms with van der Waals surface area (Å²) >= 11 is 5.65. The molecular weight excluding hydrogens is 270 g/mol. The van der Waals surface area contributed by atoms with Crippen LogP contribution in [0.4, 0.5) is 0 Å². The van der Waals surface area contributed by atoms with Gasteiger partial charge < -0.3 is 4.57 Å². The second-order valence-corrected chi connectivity index (χ2v) is 5.24. The van der Waals surface area contributed by atoms with E-state index in [9.17, 15) is 4.79 Å². The largest absolute Gasteiger partial charge is 0.317 e. The molecule has 3 aromatic rings. The lowest BCUT2D eigenvalue weighted by atomic mass is 10.1. The van der Waals surface area contributed by atoms with Crippen LogP contribution in [0.2, 0.25) is 0 Å². The van der Waals surface area contributed by atoms with Crippen molar-refractivity contribution < 1.29 is 4.79 Å². The first-order valence-electron chi connectivity index (χ1n) is 6.46. The number of aryl methyl sites for hydroxylation is 1. The molecular formula is C17H14ClNO. The monoisotopic (exact) mass is 283 g/mol. The molecule has 100 valence electrons. The van der Waals surface area contributed by atoms with Crippen LogP contribution in [0.3, 0.4) is 0 Å². The second-order valence-electron chi connectivity index (χ2n) is 4.89. The Bertz CT molecular complexity index is 812. The number of halogens is 1. The minimum absolute atomic E-state index is 0.412. The van der Waals surface area contributed by atoms with Crippen LogP contribution >= 0.6 is 11.6 Å². The van der Waals surface area contributed by atoms with Crippen LogP contribution < -0.4 is 0 Å². The topological polar surface area (TPSA) is 22.0 Å². The first-order valence-corrected chi connectivity index (χ1v) is 6.84. The van der Waals surface area contributed by atoms with Crippen molar-refractivity contribution in [2.24, 2.45) is 0 Å². The molecule has 0 amide bonds. The van der Waals surface area contributed by atoms with Gasteiger partial charge in [-0.2, -0.15) is 0 Å². The lowest BCUT2D eigenvalue weighted by Crippen LogP contribution is -2.01. The van der Waals surface area contributed by atoms with Crippen molar-refractivity contribution in [3.05, 3.63) is 65.5 Å². The van der Waals surface area contributed by atoms with E-state index in [0.29, 0.717) is 5.56 Å². The number of hydrogen-bond donors (Lipinski definition) is 0. The van der Waals surface area contributed by atoms with Gasteiger partial charge in [0.1, 0.15) is 0 Å². The van der Waals surface area contributed by atoms with Crippen LogP contribution in [0.25, 0.3) is 16.5 Å². The molecule has 0 saturated heterocycles. The van der Waals surface area contributed by atoms with Crippen molar-refractivity contribution in [2.45, 2.75) is 13.8 Å². The van der Waals surface area contributed by atoms with Crippen LogP contribution in [-0.2, 0) is 0 Å². The summed E-state index contributed by atoms with van der Waals surface area (Å²) in [4.78, 5) is 11.5. The average molecular weight is 284 g/mol. The summed E-state index contributed by atoms with van der Waals surface area (Å²) in [5.41, 5.74) is 3.51. The van der Waals surface area contributed by atoms with E-state index in [1.807, 2.05) is 38.1 Å². The maximum Gasteiger partial charge on any atom is 0.254 e. The Morgan fingerprint density at radius 3 is 2.45 bits per heavy atom. The second kappa shape index (κ2) is 4.80. The van der Waals surface area contributed by atoms with Gasteiger partial charge in [-0.15, -0.1) is 0 Å². The molecule has 0 saturated carbocycles. The molecule has 2 aromatic carbocycles. The number of aromatic nitrogens is 1. The lowest BCUT2D eigenvalue weighted by Gasteiger charge is -2.12. The van der Waals surface area contributed by atoms with Gasteiger partial charge in [0.2, 0.25) is 0 Å². The molecule has 20 heavy (non-hydrogen) atoms. The summed E-state index contributed by atoms with van der Waals surface area (Å²) in [5, 5.41) is 1.92. The Kier molecular flexibility index (Phi) is 3.11. The normalized spacial score (nSPS) is 10.9. The van der Waals surface area contributed by atoms with Crippen molar-refractivity contribution in [1.29, 1.82) is 0 Å². The molecule has 0 fully saturated rings. The molecule has 0 radical (unpaired) electrons. The highest BCUT2D eigenvalue weighted by atomic mass is 35.5. The molecule has 0 aliphatic carbocycles. The molecule has 0 bridgehead atoms. The van der Waals surface area contributed by atoms with Crippen molar-refractivity contribution in [1.82, 2.24) is 4.57 Å². The first kappa shape index (κ1) is 12.9. The molecule has 1 heterocycles. The molecule has 0 unspecified atom stereocenters. The zero-order chi connectivity index (χ0) is 14.3. The maximum absolute atomic E-state index is 11.5. The van der Waals surface area contributed by atoms with Gasteiger partial charge >= 0.3 is 0 Å². The number of benzene rings is 2. The van der Waals surface area contributed by atoms with E-state index in [2.05, 4.69) is 28.8 Å². The van der Waals surface area contributed by atoms with Crippen molar-refractivity contribution in [2.75, 3.05) is 0 Å². The molecule has 3 rings (SSSR count). The quantitative estimate of drug-likeness (QED) is 0.629. The Morgan fingerprint density at radius 1 is 1.05 bits per heavy atom. The molecule has 0 spiro atoms. The fourth-order valence-electron chi connectivity index (χ4n) is 2.74. The molecule has 0 aliphatic heterocycles. The van der Waals surface area contributed by atoms with E-state index >= 15 is 0 Å². The van der Waals surface area contributed by atoms with E-state index in [-0.39, 0.29) is 0 Å². The van der Waals surface area contributed by atoms with Crippen molar-refractivity contribution in [3.63, 3.8) is 0 Å². The van der Waals surface area contributed by atoms with E-state index < -0.39 is 5.24 Å². The zero-order valence-corrected chi connectivity index (χ0v) is 12.1. The number of carbonyl (C=O) groups excluding carboxylic acids is 1. The minimum Gasteiger partial charge on any atom is -0.317 e. The molecule has 3 heteroatoms. The van der Waals surface area contributed by atoms with E-state index in [0.717, 1.165) is 22.5 Å². The van der Waals surface area contributed by atoms with Crippen molar-refractivity contribution >= 4 is 27.6 Å². The Labute approximate surface area is 122 Å². The van der Waals surface area contributed by atoms with Crippen LogP contribution in [0, 0.1) is 13.8 Å². The van der Waals surface area contributed by atoms with E-state index in [1.165, 1.54) is 5.39 Å². The van der Waals surface area contributed by atoms with Gasteiger partial charge in [-0.3, -0.25) is 4.79 Å². The summed E-state index contributed by atoms with van der Waals surface area (Å²) in [6, 6.07) is 16.2. The van der Waals surface area contributed by atoms with Crippen molar-refractivity contribution in [3.8, 4) is 5.69 Å². The highest BCUT2D eigenvalue weighted by molar-refractivity contribution is 6.67. The molecule has 0 N–H and O–H groups in total. The van der Waals surface area contributed by atoms with Crippen LogP contribution in [0.1, 0.15) is 21.7 Å². The fourth-order valence-corrected chi connectivity index (χ4v) is 2.93. The lowest BCUT2D eigenvalue weighted by molar-refractivity contribution is 0.108. The predicted molar refractivity (Wildman–Crippen MR) is 82.9 cm³/mol. The van der Waals surface area contributed by atoms with Gasteiger partial charge in [0.25, 0.3) is 5.24 Å². The zero-order valence-electron chi connectivity index (χ0n) is 11.4. The van der Waals surface area contributed by atoms with E-state index in [4.69, 9.17) is 11.6 Å². The highest BCUT2D eigenvalue weighted by Gasteiger charge is 2.16. The maximum atomic E-state index is 11.5. The summed E-state index contributed by atoms with van der Waals surface area (Å²) in [5.74, 6) is 0. The minimum atomic E-state index is -0.412. The molecule has 2 nitrogen and oxygen atoms in total. The van der Waals surface area contributed by atoms with Crippen LogP contribution in [0.15, 0.2) is 48.5 Å². The third-order valence-corrected chi connectivity index (χ3v) is 3.85. The third kappa shape index (κ3) is 1.93. The Morgan fingerprint density at radius 2 is 1.75 bits per heavy atom. The smallest absolute Gasteiger partial charge is 0.254 e. The van der Waals surface area contributed by atoms with Gasteiger partial charge in [0, 0.05) is 16.8 Å². The van der Waals surface area contributed by atoms with Gasteiger partial charge in [-0.05, 0) is 43.0 Å². The number of fused-ring (bicyclic) bond motifs is 1.